The van der Waals surface area contributed by atoms with E-state index in [1.54, 1.807) is 12.2 Å². The topological polar surface area (TPSA) is 178 Å². The molecule has 1 saturated heterocycles. The highest BCUT2D eigenvalue weighted by Gasteiger charge is 2.35. The minimum atomic E-state index is -4.44. The van der Waals surface area contributed by atoms with E-state index < -0.39 is 57.1 Å². The van der Waals surface area contributed by atoms with Crippen LogP contribution >= 0.6 is 7.82 Å². The van der Waals surface area contributed by atoms with Gasteiger partial charge in [-0.1, -0.05) is 147 Å². The number of likely N-dealkylation sites (N-methyl/N-ethyl adjacent to an activating group) is 1. The van der Waals surface area contributed by atoms with Crippen molar-refractivity contribution in [1.82, 2.24) is 0 Å². The first kappa shape index (κ1) is 56.3. The molecule has 0 amide bonds. The Hall–Kier alpha value is -1.67. The van der Waals surface area contributed by atoms with Gasteiger partial charge in [0, 0.05) is 25.2 Å². The van der Waals surface area contributed by atoms with Crippen LogP contribution in [0.3, 0.4) is 0 Å². The molecule has 0 aromatic heterocycles. The molecule has 13 nitrogen and oxygen atoms in total. The summed E-state index contributed by atoms with van der Waals surface area (Å²) in [6.07, 6.45) is 27.0. The van der Waals surface area contributed by atoms with Crippen LogP contribution in [0.1, 0.15) is 174 Å². The number of phosphoric acid groups is 1. The van der Waals surface area contributed by atoms with E-state index in [0.29, 0.717) is 43.1 Å². The number of nitrogens with zero attached hydrogens (tertiary/aromatic N) is 1. The van der Waals surface area contributed by atoms with Crippen LogP contribution in [0, 0.1) is 5.92 Å². The van der Waals surface area contributed by atoms with Crippen LogP contribution in [0.2, 0.25) is 0 Å². The summed E-state index contributed by atoms with van der Waals surface area (Å²) in [7, 11) is 1.33. The quantitative estimate of drug-likeness (QED) is 0.0152. The number of unbranched alkanes of at least 4 members (excludes halogenated alkanes) is 17. The second kappa shape index (κ2) is 34.8. The second-order valence-corrected chi connectivity index (χ2v) is 19.1. The van der Waals surface area contributed by atoms with Gasteiger partial charge in [-0.3, -0.25) is 18.6 Å². The number of aliphatic hydroxyl groups excluding tert-OH is 3. The number of quaternary nitrogens is 1. The number of rotatable bonds is 38. The maximum absolute atomic E-state index is 12.8. The molecule has 14 heteroatoms. The fourth-order valence-electron chi connectivity index (χ4n) is 6.99. The van der Waals surface area contributed by atoms with E-state index in [1.807, 2.05) is 33.3 Å². The highest BCUT2D eigenvalue weighted by molar-refractivity contribution is 7.47. The molecule has 0 saturated carbocycles. The predicted molar refractivity (Wildman–Crippen MR) is 237 cm³/mol. The predicted octanol–water partition coefficient (Wildman–Crippen LogP) is 9.24. The van der Waals surface area contributed by atoms with Crippen LogP contribution in [0.5, 0.6) is 0 Å². The summed E-state index contributed by atoms with van der Waals surface area (Å²) in [5.41, 5.74) is 0. The monoisotopic (exact) mass is 877 g/mol. The van der Waals surface area contributed by atoms with Crippen LogP contribution in [0.15, 0.2) is 24.3 Å². The number of hydrogen-bond acceptors (Lipinski definition) is 11. The van der Waals surface area contributed by atoms with Crippen molar-refractivity contribution in [2.24, 2.45) is 5.92 Å². The first-order valence-corrected chi connectivity index (χ1v) is 25.0. The van der Waals surface area contributed by atoms with E-state index in [4.69, 9.17) is 23.3 Å². The van der Waals surface area contributed by atoms with E-state index in [-0.39, 0.29) is 38.4 Å². The third-order valence-electron chi connectivity index (χ3n) is 10.8. The number of carbonyl (C=O) groups is 2. The van der Waals surface area contributed by atoms with Gasteiger partial charge in [-0.25, -0.2) is 4.57 Å². The number of allylic oxidation sites excluding steroid dienone is 2. The van der Waals surface area contributed by atoms with Crippen molar-refractivity contribution in [3.8, 4) is 0 Å². The fraction of sp³-hybridized carbons (Fsp3) is 0.870. The molecular weight excluding hydrogens is 789 g/mol. The minimum Gasteiger partial charge on any atom is -0.462 e. The molecule has 0 aromatic rings. The average molecular weight is 877 g/mol. The number of phosphoric ester groups is 1. The van der Waals surface area contributed by atoms with Crippen molar-refractivity contribution >= 4 is 19.8 Å². The molecule has 7 atom stereocenters. The number of carbonyl (C=O) groups excluding carboxylic acids is 2. The van der Waals surface area contributed by atoms with Gasteiger partial charge in [-0.2, -0.15) is 0 Å². The first-order valence-electron chi connectivity index (χ1n) is 23.5. The molecule has 1 fully saturated rings. The highest BCUT2D eigenvalue weighted by Crippen LogP contribution is 2.43. The molecule has 2 unspecified atom stereocenters. The molecule has 1 heterocycles. The zero-order valence-electron chi connectivity index (χ0n) is 38.2. The molecule has 0 aliphatic carbocycles. The SMILES string of the molecule is CCCCCCCCCCCCCCCCCC(=O)O[C@H](COC(=O)CCC/C=C\C[C@H]1[C@@H](O)CC(O)O[C@@H]1/C=C/[C@@H](O)CCCCC)COP(=O)(O)OCC[N+](C)(C)C. The van der Waals surface area contributed by atoms with Crippen molar-refractivity contribution in [1.29, 1.82) is 0 Å². The average Bonchev–Trinajstić information content (AvgIpc) is 3.18. The minimum absolute atomic E-state index is 0.0105. The molecule has 0 aromatic carbocycles. The summed E-state index contributed by atoms with van der Waals surface area (Å²) < 4.78 is 40.0. The first-order chi connectivity index (χ1) is 28.7. The fourth-order valence-corrected chi connectivity index (χ4v) is 7.74. The standard InChI is InChI=1S/C46H86NO12P/c1-6-8-10-11-12-13-14-15-16-17-18-19-20-21-27-31-45(51)58-40(38-57-60(53,54)56-35-34-47(3,4)5)37-55-44(50)30-26-23-22-25-29-41-42(49)36-46(52)59-43(41)33-32-39(48)28-24-9-7-2/h22,25,32-33,39-43,46,48-49,52H,6-21,23-24,26-31,34-38H2,1-5H3/p+1/b25-22-,33-32+/t39-,40+,41-,42-,43+,46?/m0/s1. The lowest BCUT2D eigenvalue weighted by molar-refractivity contribution is -0.870. The number of hydrogen-bond donors (Lipinski definition) is 4. The molecule has 1 rings (SSSR count). The molecule has 4 N–H and O–H groups in total. The van der Waals surface area contributed by atoms with Crippen molar-refractivity contribution in [3.05, 3.63) is 24.3 Å². The molecular formula is C46H87NO12P+. The lowest BCUT2D eigenvalue weighted by atomic mass is 9.87. The van der Waals surface area contributed by atoms with Gasteiger partial charge in [-0.05, 0) is 32.1 Å². The van der Waals surface area contributed by atoms with Gasteiger partial charge in [0.1, 0.15) is 19.8 Å². The lowest BCUT2D eigenvalue weighted by Crippen LogP contribution is -2.43. The molecule has 1 aliphatic rings. The Morgan fingerprint density at radius 2 is 1.33 bits per heavy atom. The van der Waals surface area contributed by atoms with Gasteiger partial charge in [0.25, 0.3) is 0 Å². The van der Waals surface area contributed by atoms with Crippen molar-refractivity contribution in [2.75, 3.05) is 47.5 Å². The normalized spacial score (nSPS) is 20.7. The zero-order chi connectivity index (χ0) is 44.5. The Morgan fingerprint density at radius 3 is 1.93 bits per heavy atom. The van der Waals surface area contributed by atoms with Crippen LogP contribution in [-0.4, -0.2) is 115 Å². The Kier molecular flexibility index (Phi) is 32.7. The van der Waals surface area contributed by atoms with Gasteiger partial charge < -0.3 is 38.9 Å². The van der Waals surface area contributed by atoms with E-state index in [1.165, 1.54) is 70.6 Å². The molecule has 0 bridgehead atoms. The maximum Gasteiger partial charge on any atom is 0.472 e. The third-order valence-corrected chi connectivity index (χ3v) is 11.8. The van der Waals surface area contributed by atoms with Crippen LogP contribution in [0.25, 0.3) is 0 Å². The zero-order valence-corrected chi connectivity index (χ0v) is 39.1. The van der Waals surface area contributed by atoms with Gasteiger partial charge in [0.15, 0.2) is 12.4 Å². The Bertz CT molecular complexity index is 1190. The molecule has 0 radical (unpaired) electrons. The summed E-state index contributed by atoms with van der Waals surface area (Å²) in [6.45, 7) is 4.02. The lowest BCUT2D eigenvalue weighted by Gasteiger charge is -2.36. The van der Waals surface area contributed by atoms with E-state index in [0.717, 1.165) is 38.5 Å². The Morgan fingerprint density at radius 1 is 0.767 bits per heavy atom. The van der Waals surface area contributed by atoms with Crippen LogP contribution < -0.4 is 0 Å². The Labute approximate surface area is 363 Å². The van der Waals surface area contributed by atoms with Gasteiger partial charge in [0.05, 0.1) is 46.1 Å². The largest absolute Gasteiger partial charge is 0.472 e. The second-order valence-electron chi connectivity index (χ2n) is 17.7. The molecule has 60 heavy (non-hydrogen) atoms. The van der Waals surface area contributed by atoms with Crippen LogP contribution in [-0.2, 0) is 37.4 Å². The van der Waals surface area contributed by atoms with E-state index >= 15 is 0 Å². The number of ether oxygens (including phenoxy) is 3. The summed E-state index contributed by atoms with van der Waals surface area (Å²) in [6, 6.07) is 0. The summed E-state index contributed by atoms with van der Waals surface area (Å²) in [5, 5.41) is 31.0. The summed E-state index contributed by atoms with van der Waals surface area (Å²) in [4.78, 5) is 35.6. The summed E-state index contributed by atoms with van der Waals surface area (Å²) in [5.74, 6) is -1.29. The smallest absolute Gasteiger partial charge is 0.462 e. The van der Waals surface area contributed by atoms with Gasteiger partial charge in [-0.15, -0.1) is 0 Å². The highest BCUT2D eigenvalue weighted by atomic mass is 31.2. The third kappa shape index (κ3) is 32.1. The number of esters is 2. The Balaban J connectivity index is 2.50. The van der Waals surface area contributed by atoms with E-state index in [9.17, 15) is 34.4 Å². The molecule has 352 valence electrons. The number of aliphatic hydroxyl groups is 3. The molecule has 1 aliphatic heterocycles. The molecule has 0 spiro atoms. The van der Waals surface area contributed by atoms with Crippen LogP contribution in [0.4, 0.5) is 0 Å². The maximum atomic E-state index is 12.8. The van der Waals surface area contributed by atoms with Crippen molar-refractivity contribution < 1.29 is 62.1 Å². The summed E-state index contributed by atoms with van der Waals surface area (Å²) >= 11 is 0. The van der Waals surface area contributed by atoms with E-state index in [2.05, 4.69) is 13.8 Å². The van der Waals surface area contributed by atoms with Gasteiger partial charge in [0.2, 0.25) is 0 Å². The van der Waals surface area contributed by atoms with Crippen molar-refractivity contribution in [2.45, 2.75) is 205 Å². The van der Waals surface area contributed by atoms with Gasteiger partial charge >= 0.3 is 19.8 Å². The van der Waals surface area contributed by atoms with Crippen molar-refractivity contribution in [3.63, 3.8) is 0 Å².